The summed E-state index contributed by atoms with van der Waals surface area (Å²) in [5, 5.41) is 9.18. The van der Waals surface area contributed by atoms with Crippen molar-refractivity contribution in [3.8, 4) is 11.5 Å². The molecule has 98 valence electrons. The normalized spacial score (nSPS) is 10.2. The van der Waals surface area contributed by atoms with E-state index in [9.17, 15) is 9.90 Å². The van der Waals surface area contributed by atoms with Crippen molar-refractivity contribution in [2.75, 3.05) is 0 Å². The van der Waals surface area contributed by atoms with Gasteiger partial charge in [-0.15, -0.1) is 0 Å². The summed E-state index contributed by atoms with van der Waals surface area (Å²) in [5.74, 6) is 0.515. The minimum atomic E-state index is -0.303. The lowest BCUT2D eigenvalue weighted by atomic mass is 10.1. The number of esters is 1. The molecule has 0 aromatic heterocycles. The number of phenols is 1. The first-order valence-electron chi connectivity index (χ1n) is 6.11. The van der Waals surface area contributed by atoms with Gasteiger partial charge in [-0.3, -0.25) is 4.79 Å². The zero-order chi connectivity index (χ0) is 13.8. The number of phenolic OH excluding ortho intramolecular Hbond substituents is 1. The third-order valence-electron chi connectivity index (χ3n) is 2.91. The Bertz CT molecular complexity index is 565. The third kappa shape index (κ3) is 3.35. The molecule has 0 unspecified atom stereocenters. The molecule has 0 radical (unpaired) electrons. The van der Waals surface area contributed by atoms with Crippen molar-refractivity contribution in [3.05, 3.63) is 59.2 Å². The molecule has 0 heterocycles. The Morgan fingerprint density at radius 2 is 1.63 bits per heavy atom. The van der Waals surface area contributed by atoms with E-state index in [1.165, 1.54) is 0 Å². The average Bonchev–Trinajstić information content (AvgIpc) is 2.37. The number of aromatic hydroxyl groups is 1. The first kappa shape index (κ1) is 13.1. The van der Waals surface area contributed by atoms with E-state index in [4.69, 9.17) is 4.74 Å². The van der Waals surface area contributed by atoms with Crippen LogP contribution in [0.1, 0.15) is 16.7 Å². The van der Waals surface area contributed by atoms with Crippen LogP contribution in [-0.4, -0.2) is 11.1 Å². The average molecular weight is 256 g/mol. The third-order valence-corrected chi connectivity index (χ3v) is 2.91. The Morgan fingerprint density at radius 1 is 1.05 bits per heavy atom. The summed E-state index contributed by atoms with van der Waals surface area (Å²) in [6.07, 6.45) is 0.189. The molecule has 2 aromatic rings. The molecule has 0 aliphatic rings. The molecule has 0 bridgehead atoms. The van der Waals surface area contributed by atoms with E-state index in [0.717, 1.165) is 16.7 Å². The van der Waals surface area contributed by atoms with Crippen molar-refractivity contribution in [1.82, 2.24) is 0 Å². The molecule has 0 amide bonds. The summed E-state index contributed by atoms with van der Waals surface area (Å²) in [5.41, 5.74) is 2.70. The predicted molar refractivity (Wildman–Crippen MR) is 73.4 cm³/mol. The van der Waals surface area contributed by atoms with Gasteiger partial charge in [-0.25, -0.2) is 0 Å². The smallest absolute Gasteiger partial charge is 0.315 e. The minimum Gasteiger partial charge on any atom is -0.508 e. The summed E-state index contributed by atoms with van der Waals surface area (Å²) >= 11 is 0. The Morgan fingerprint density at radius 3 is 2.21 bits per heavy atom. The number of rotatable bonds is 3. The monoisotopic (exact) mass is 256 g/mol. The molecule has 0 fully saturated rings. The van der Waals surface area contributed by atoms with Gasteiger partial charge < -0.3 is 9.84 Å². The molecule has 19 heavy (non-hydrogen) atoms. The number of carbonyl (C=O) groups excluding carboxylic acids is 1. The highest BCUT2D eigenvalue weighted by molar-refractivity contribution is 5.76. The lowest BCUT2D eigenvalue weighted by Gasteiger charge is -2.10. The molecule has 0 saturated carbocycles. The second-order valence-corrected chi connectivity index (χ2v) is 4.54. The van der Waals surface area contributed by atoms with Crippen molar-refractivity contribution in [1.29, 1.82) is 0 Å². The quantitative estimate of drug-likeness (QED) is 0.677. The van der Waals surface area contributed by atoms with E-state index in [-0.39, 0.29) is 18.1 Å². The maximum Gasteiger partial charge on any atom is 0.315 e. The fourth-order valence-electron chi connectivity index (χ4n) is 1.89. The van der Waals surface area contributed by atoms with Gasteiger partial charge in [-0.2, -0.15) is 0 Å². The van der Waals surface area contributed by atoms with E-state index in [2.05, 4.69) is 0 Å². The molecule has 0 aliphatic heterocycles. The van der Waals surface area contributed by atoms with Gasteiger partial charge in [0, 0.05) is 0 Å². The second-order valence-electron chi connectivity index (χ2n) is 4.54. The maximum absolute atomic E-state index is 11.9. The number of hydrogen-bond donors (Lipinski definition) is 1. The lowest BCUT2D eigenvalue weighted by molar-refractivity contribution is -0.133. The van der Waals surface area contributed by atoms with Gasteiger partial charge in [0.25, 0.3) is 0 Å². The van der Waals surface area contributed by atoms with Crippen LogP contribution in [0.3, 0.4) is 0 Å². The number of ether oxygens (including phenoxy) is 1. The van der Waals surface area contributed by atoms with Crippen LogP contribution in [-0.2, 0) is 11.2 Å². The largest absolute Gasteiger partial charge is 0.508 e. The van der Waals surface area contributed by atoms with Crippen molar-refractivity contribution in [2.45, 2.75) is 20.3 Å². The van der Waals surface area contributed by atoms with Gasteiger partial charge in [-0.05, 0) is 42.7 Å². The molecule has 3 heteroatoms. The van der Waals surface area contributed by atoms with Gasteiger partial charge in [0.05, 0.1) is 6.42 Å². The van der Waals surface area contributed by atoms with Crippen LogP contribution in [0, 0.1) is 13.8 Å². The van der Waals surface area contributed by atoms with Crippen LogP contribution in [0.15, 0.2) is 42.5 Å². The van der Waals surface area contributed by atoms with E-state index in [1.54, 1.807) is 24.3 Å². The number of benzene rings is 2. The van der Waals surface area contributed by atoms with Gasteiger partial charge in [-0.1, -0.05) is 30.3 Å². The van der Waals surface area contributed by atoms with Gasteiger partial charge in [0.15, 0.2) is 0 Å². The lowest BCUT2D eigenvalue weighted by Crippen LogP contribution is -2.12. The Balaban J connectivity index is 2.07. The van der Waals surface area contributed by atoms with E-state index in [1.807, 2.05) is 32.0 Å². The van der Waals surface area contributed by atoms with Gasteiger partial charge >= 0.3 is 5.97 Å². The van der Waals surface area contributed by atoms with Crippen LogP contribution in [0.25, 0.3) is 0 Å². The number of aryl methyl sites for hydroxylation is 2. The van der Waals surface area contributed by atoms with Crippen molar-refractivity contribution in [3.63, 3.8) is 0 Å². The fraction of sp³-hybridized carbons (Fsp3) is 0.188. The van der Waals surface area contributed by atoms with Crippen LogP contribution in [0.4, 0.5) is 0 Å². The van der Waals surface area contributed by atoms with Crippen molar-refractivity contribution >= 4 is 5.97 Å². The zero-order valence-electron chi connectivity index (χ0n) is 11.0. The van der Waals surface area contributed by atoms with Gasteiger partial charge in [0.2, 0.25) is 0 Å². The molecular formula is C16H16O3. The summed E-state index contributed by atoms with van der Waals surface area (Å²) < 4.78 is 5.41. The van der Waals surface area contributed by atoms with E-state index in [0.29, 0.717) is 5.75 Å². The molecule has 0 saturated heterocycles. The minimum absolute atomic E-state index is 0.187. The first-order valence-corrected chi connectivity index (χ1v) is 6.11. The van der Waals surface area contributed by atoms with E-state index < -0.39 is 0 Å². The standard InChI is InChI=1S/C16H16O3/c1-11-4-3-5-12(2)16(11)19-15(18)10-13-6-8-14(17)9-7-13/h3-9,17H,10H2,1-2H3. The Kier molecular flexibility index (Phi) is 3.85. The molecule has 3 nitrogen and oxygen atoms in total. The molecule has 2 rings (SSSR count). The Hall–Kier alpha value is -2.29. The molecule has 1 N–H and O–H groups in total. The number of hydrogen-bond acceptors (Lipinski definition) is 3. The van der Waals surface area contributed by atoms with Gasteiger partial charge in [0.1, 0.15) is 11.5 Å². The number of para-hydroxylation sites is 1. The molecular weight excluding hydrogens is 240 g/mol. The highest BCUT2D eigenvalue weighted by Crippen LogP contribution is 2.23. The summed E-state index contributed by atoms with van der Waals surface area (Å²) in [7, 11) is 0. The summed E-state index contributed by atoms with van der Waals surface area (Å²) in [6, 6.07) is 12.3. The summed E-state index contributed by atoms with van der Waals surface area (Å²) in [4.78, 5) is 11.9. The zero-order valence-corrected chi connectivity index (χ0v) is 11.0. The Labute approximate surface area is 112 Å². The molecule has 0 spiro atoms. The maximum atomic E-state index is 11.9. The van der Waals surface area contributed by atoms with Crippen LogP contribution in [0.5, 0.6) is 11.5 Å². The SMILES string of the molecule is Cc1cccc(C)c1OC(=O)Cc1ccc(O)cc1. The fourth-order valence-corrected chi connectivity index (χ4v) is 1.89. The molecule has 0 aliphatic carbocycles. The summed E-state index contributed by atoms with van der Waals surface area (Å²) in [6.45, 7) is 3.83. The second kappa shape index (κ2) is 5.57. The first-order chi connectivity index (χ1) is 9.06. The molecule has 2 aromatic carbocycles. The number of carbonyl (C=O) groups is 1. The van der Waals surface area contributed by atoms with E-state index >= 15 is 0 Å². The van der Waals surface area contributed by atoms with Crippen LogP contribution < -0.4 is 4.74 Å². The predicted octanol–water partition coefficient (Wildman–Crippen LogP) is 3.16. The molecule has 0 atom stereocenters. The topological polar surface area (TPSA) is 46.5 Å². The van der Waals surface area contributed by atoms with Crippen molar-refractivity contribution in [2.24, 2.45) is 0 Å². The van der Waals surface area contributed by atoms with Crippen LogP contribution >= 0.6 is 0 Å². The highest BCUT2D eigenvalue weighted by atomic mass is 16.5. The van der Waals surface area contributed by atoms with Crippen molar-refractivity contribution < 1.29 is 14.6 Å². The highest BCUT2D eigenvalue weighted by Gasteiger charge is 2.10. The van der Waals surface area contributed by atoms with Crippen LogP contribution in [0.2, 0.25) is 0 Å².